The van der Waals surface area contributed by atoms with Crippen molar-refractivity contribution >= 4 is 0 Å². The van der Waals surface area contributed by atoms with Crippen LogP contribution >= 0.6 is 0 Å². The van der Waals surface area contributed by atoms with Gasteiger partial charge in [0.2, 0.25) is 17.6 Å². The van der Waals surface area contributed by atoms with E-state index in [0.717, 1.165) is 25.2 Å². The Hall–Kier alpha value is -3.26. The maximum absolute atomic E-state index is 5.54. The third-order valence-electron chi connectivity index (χ3n) is 5.31. The Bertz CT molecular complexity index is 1080. The van der Waals surface area contributed by atoms with Crippen molar-refractivity contribution < 1.29 is 9.05 Å². The van der Waals surface area contributed by atoms with Crippen molar-refractivity contribution in [2.45, 2.75) is 25.3 Å². The summed E-state index contributed by atoms with van der Waals surface area (Å²) in [7, 11) is 1.97. The Kier molecular flexibility index (Phi) is 4.69. The summed E-state index contributed by atoms with van der Waals surface area (Å²) in [5, 5.41) is 8.26. The highest BCUT2D eigenvalue weighted by atomic mass is 16.5. The summed E-state index contributed by atoms with van der Waals surface area (Å²) in [6.07, 6.45) is 3.62. The molecule has 3 aromatic heterocycles. The summed E-state index contributed by atoms with van der Waals surface area (Å²) < 4.78 is 13.0. The predicted octanol–water partition coefficient (Wildman–Crippen LogP) is 3.04. The lowest BCUT2D eigenvalue weighted by atomic mass is 10.1. The maximum Gasteiger partial charge on any atom is 0.240 e. The molecule has 4 heterocycles. The van der Waals surface area contributed by atoms with E-state index in [-0.39, 0.29) is 5.92 Å². The van der Waals surface area contributed by atoms with E-state index in [0.29, 0.717) is 36.4 Å². The molecule has 1 unspecified atom stereocenters. The zero-order valence-corrected chi connectivity index (χ0v) is 16.2. The van der Waals surface area contributed by atoms with E-state index in [1.54, 1.807) is 0 Å². The van der Waals surface area contributed by atoms with Gasteiger partial charge in [0.25, 0.3) is 0 Å². The van der Waals surface area contributed by atoms with Crippen LogP contribution in [0.3, 0.4) is 0 Å². The molecular weight excluding hydrogens is 368 g/mol. The topological polar surface area (TPSA) is 86.0 Å². The summed E-state index contributed by atoms with van der Waals surface area (Å²) in [4.78, 5) is 11.4. The van der Waals surface area contributed by atoms with Gasteiger partial charge in [0.15, 0.2) is 5.82 Å². The molecule has 0 aliphatic carbocycles. The Morgan fingerprint density at radius 3 is 2.76 bits per heavy atom. The van der Waals surface area contributed by atoms with Crippen molar-refractivity contribution in [2.75, 3.05) is 13.1 Å². The van der Waals surface area contributed by atoms with Crippen molar-refractivity contribution in [1.82, 2.24) is 29.7 Å². The summed E-state index contributed by atoms with van der Waals surface area (Å²) >= 11 is 0. The van der Waals surface area contributed by atoms with E-state index < -0.39 is 0 Å². The molecule has 0 saturated carbocycles. The Balaban J connectivity index is 1.20. The van der Waals surface area contributed by atoms with Gasteiger partial charge in [-0.05, 0) is 30.7 Å². The molecule has 1 aromatic carbocycles. The Morgan fingerprint density at radius 2 is 1.93 bits per heavy atom. The van der Waals surface area contributed by atoms with E-state index in [4.69, 9.17) is 9.05 Å². The van der Waals surface area contributed by atoms with E-state index in [1.165, 1.54) is 5.56 Å². The second-order valence-electron chi connectivity index (χ2n) is 7.45. The van der Waals surface area contributed by atoms with Crippen LogP contribution in [0.4, 0.5) is 0 Å². The Labute approximate surface area is 168 Å². The highest BCUT2D eigenvalue weighted by Crippen LogP contribution is 2.28. The first-order chi connectivity index (χ1) is 14.2. The lowest BCUT2D eigenvalue weighted by Gasteiger charge is -2.11. The summed E-state index contributed by atoms with van der Waals surface area (Å²) in [6, 6.07) is 14.1. The van der Waals surface area contributed by atoms with E-state index >= 15 is 0 Å². The lowest BCUT2D eigenvalue weighted by Crippen LogP contribution is -2.20. The second-order valence-corrected chi connectivity index (χ2v) is 7.45. The smallest absolute Gasteiger partial charge is 0.240 e. The highest BCUT2D eigenvalue weighted by Gasteiger charge is 2.29. The minimum atomic E-state index is 0.225. The highest BCUT2D eigenvalue weighted by molar-refractivity contribution is 5.49. The molecule has 1 aliphatic rings. The number of benzene rings is 1. The monoisotopic (exact) mass is 390 g/mol. The molecule has 0 amide bonds. The number of nitrogens with zero attached hydrogens (tertiary/aromatic N) is 6. The van der Waals surface area contributed by atoms with Crippen LogP contribution < -0.4 is 0 Å². The van der Waals surface area contributed by atoms with E-state index in [1.807, 2.05) is 48.1 Å². The van der Waals surface area contributed by atoms with Crippen LogP contribution in [0.2, 0.25) is 0 Å². The SMILES string of the molecule is Cn1cccc1-c1noc(C2CCN(Cc3nc(Cc4ccccc4)no3)C2)n1. The van der Waals surface area contributed by atoms with Gasteiger partial charge in [-0.1, -0.05) is 40.6 Å². The number of aryl methyl sites for hydroxylation is 1. The summed E-state index contributed by atoms with van der Waals surface area (Å²) in [5.41, 5.74) is 2.12. The van der Waals surface area contributed by atoms with Gasteiger partial charge in [-0.3, -0.25) is 4.90 Å². The molecule has 0 radical (unpaired) electrons. The molecule has 4 aromatic rings. The predicted molar refractivity (Wildman–Crippen MR) is 105 cm³/mol. The molecule has 148 valence electrons. The van der Waals surface area contributed by atoms with Crippen molar-refractivity contribution in [2.24, 2.45) is 7.05 Å². The minimum Gasteiger partial charge on any atom is -0.348 e. The minimum absolute atomic E-state index is 0.225. The molecule has 1 aliphatic heterocycles. The van der Waals surface area contributed by atoms with E-state index in [9.17, 15) is 0 Å². The van der Waals surface area contributed by atoms with Crippen molar-refractivity contribution in [3.05, 3.63) is 71.8 Å². The van der Waals surface area contributed by atoms with Crippen LogP contribution in [0.5, 0.6) is 0 Å². The molecule has 1 saturated heterocycles. The van der Waals surface area contributed by atoms with Gasteiger partial charge >= 0.3 is 0 Å². The number of rotatable bonds is 6. The van der Waals surface area contributed by atoms with Gasteiger partial charge in [0, 0.05) is 26.2 Å². The largest absolute Gasteiger partial charge is 0.348 e. The molecule has 0 spiro atoms. The number of hydrogen-bond acceptors (Lipinski definition) is 7. The molecule has 1 fully saturated rings. The molecule has 8 heteroatoms. The Morgan fingerprint density at radius 1 is 1.03 bits per heavy atom. The number of aromatic nitrogens is 5. The van der Waals surface area contributed by atoms with Crippen molar-refractivity contribution in [3.8, 4) is 11.5 Å². The molecule has 8 nitrogen and oxygen atoms in total. The number of hydrogen-bond donors (Lipinski definition) is 0. The third kappa shape index (κ3) is 3.84. The van der Waals surface area contributed by atoms with Crippen LogP contribution in [0.25, 0.3) is 11.5 Å². The van der Waals surface area contributed by atoms with E-state index in [2.05, 4.69) is 37.3 Å². The van der Waals surface area contributed by atoms with Crippen molar-refractivity contribution in [3.63, 3.8) is 0 Å². The van der Waals surface area contributed by atoms with Crippen LogP contribution in [-0.2, 0) is 20.0 Å². The van der Waals surface area contributed by atoms with Gasteiger partial charge < -0.3 is 13.6 Å². The van der Waals surface area contributed by atoms with Crippen LogP contribution in [0, 0.1) is 0 Å². The fraction of sp³-hybridized carbons (Fsp3) is 0.333. The molecule has 5 rings (SSSR count). The first-order valence-corrected chi connectivity index (χ1v) is 9.77. The van der Waals surface area contributed by atoms with Gasteiger partial charge in [0.05, 0.1) is 18.2 Å². The lowest BCUT2D eigenvalue weighted by molar-refractivity contribution is 0.260. The average molecular weight is 390 g/mol. The quantitative estimate of drug-likeness (QED) is 0.500. The maximum atomic E-state index is 5.54. The van der Waals surface area contributed by atoms with Crippen LogP contribution in [0.1, 0.15) is 35.5 Å². The molecule has 0 N–H and O–H groups in total. The van der Waals surface area contributed by atoms with Gasteiger partial charge in [0.1, 0.15) is 0 Å². The zero-order valence-electron chi connectivity index (χ0n) is 16.2. The third-order valence-corrected chi connectivity index (χ3v) is 5.31. The molecule has 0 bridgehead atoms. The van der Waals surface area contributed by atoms with Gasteiger partial charge in [-0.25, -0.2) is 0 Å². The molecule has 29 heavy (non-hydrogen) atoms. The fourth-order valence-corrected chi connectivity index (χ4v) is 3.77. The fourth-order valence-electron chi connectivity index (χ4n) is 3.77. The van der Waals surface area contributed by atoms with Crippen LogP contribution in [0.15, 0.2) is 57.7 Å². The molecular formula is C21H22N6O2. The first kappa shape index (κ1) is 17.8. The summed E-state index contributed by atoms with van der Waals surface area (Å²) in [5.74, 6) is 2.91. The zero-order chi connectivity index (χ0) is 19.6. The normalized spacial score (nSPS) is 17.2. The first-order valence-electron chi connectivity index (χ1n) is 9.77. The molecule has 1 atom stereocenters. The summed E-state index contributed by atoms with van der Waals surface area (Å²) in [6.45, 7) is 2.41. The average Bonchev–Trinajstić information content (AvgIpc) is 3.50. The van der Waals surface area contributed by atoms with Crippen molar-refractivity contribution in [1.29, 1.82) is 0 Å². The van der Waals surface area contributed by atoms with Gasteiger partial charge in [-0.2, -0.15) is 9.97 Å². The van der Waals surface area contributed by atoms with Crippen LogP contribution in [-0.4, -0.2) is 42.8 Å². The standard InChI is InChI=1S/C21H22N6O2/c1-26-10-5-8-17(26)20-23-21(29-25-20)16-9-11-27(13-16)14-19-22-18(24-28-19)12-15-6-3-2-4-7-15/h2-8,10,16H,9,11-14H2,1H3. The second kappa shape index (κ2) is 7.63. The van der Waals surface area contributed by atoms with Gasteiger partial charge in [-0.15, -0.1) is 0 Å². The number of likely N-dealkylation sites (tertiary alicyclic amines) is 1.